The van der Waals surface area contributed by atoms with Crippen molar-refractivity contribution in [3.05, 3.63) is 47.9 Å². The van der Waals surface area contributed by atoms with Crippen molar-refractivity contribution in [2.24, 2.45) is 0 Å². The highest BCUT2D eigenvalue weighted by Crippen LogP contribution is 2.35. The zero-order valence-corrected chi connectivity index (χ0v) is 15.4. The van der Waals surface area contributed by atoms with Crippen molar-refractivity contribution in [3.63, 3.8) is 0 Å². The van der Waals surface area contributed by atoms with E-state index in [9.17, 15) is 0 Å². The van der Waals surface area contributed by atoms with Crippen LogP contribution in [0.25, 0.3) is 10.8 Å². The summed E-state index contributed by atoms with van der Waals surface area (Å²) in [5, 5.41) is 12.2. The van der Waals surface area contributed by atoms with E-state index in [2.05, 4.69) is 41.4 Å². The number of aromatic nitrogens is 2. The highest BCUT2D eigenvalue weighted by atomic mass is 32.2. The molecule has 0 radical (unpaired) electrons. The van der Waals surface area contributed by atoms with Crippen LogP contribution in [0.2, 0.25) is 0 Å². The fourth-order valence-electron chi connectivity index (χ4n) is 3.37. The average molecular weight is 354 g/mol. The van der Waals surface area contributed by atoms with Crippen LogP contribution in [0.15, 0.2) is 46.0 Å². The predicted molar refractivity (Wildman–Crippen MR) is 100 cm³/mol. The molecule has 4 rings (SSSR count). The quantitative estimate of drug-likeness (QED) is 0.612. The van der Waals surface area contributed by atoms with Crippen LogP contribution in [-0.4, -0.2) is 22.6 Å². The Balaban J connectivity index is 1.54. The molecule has 2 aromatic carbocycles. The second kappa shape index (κ2) is 7.08. The molecule has 0 bridgehead atoms. The molecule has 5 heteroatoms. The van der Waals surface area contributed by atoms with Gasteiger partial charge in [0.05, 0.1) is 13.0 Å². The second-order valence-electron chi connectivity index (χ2n) is 6.62. The van der Waals surface area contributed by atoms with Gasteiger partial charge in [0.25, 0.3) is 5.22 Å². The van der Waals surface area contributed by atoms with Crippen molar-refractivity contribution in [3.8, 4) is 5.75 Å². The number of fused-ring (bicyclic) bond motifs is 1. The first-order valence-electron chi connectivity index (χ1n) is 8.80. The van der Waals surface area contributed by atoms with Gasteiger partial charge in [-0.05, 0) is 48.2 Å². The monoisotopic (exact) mass is 354 g/mol. The number of methoxy groups -OCH3 is 1. The minimum atomic E-state index is 0.0805. The van der Waals surface area contributed by atoms with Gasteiger partial charge >= 0.3 is 0 Å². The maximum absolute atomic E-state index is 5.93. The van der Waals surface area contributed by atoms with Crippen LogP contribution in [0.4, 0.5) is 0 Å². The zero-order valence-electron chi connectivity index (χ0n) is 14.6. The third-order valence-corrected chi connectivity index (χ3v) is 6.11. The summed E-state index contributed by atoms with van der Waals surface area (Å²) in [6.45, 7) is 2.11. The summed E-state index contributed by atoms with van der Waals surface area (Å²) in [4.78, 5) is 0. The van der Waals surface area contributed by atoms with E-state index in [0.29, 0.717) is 16.4 Å². The maximum Gasteiger partial charge on any atom is 0.276 e. The number of hydrogen-bond acceptors (Lipinski definition) is 5. The molecule has 0 N–H and O–H groups in total. The molecule has 3 aromatic rings. The van der Waals surface area contributed by atoms with Crippen LogP contribution < -0.4 is 4.74 Å². The van der Waals surface area contributed by atoms with Crippen molar-refractivity contribution in [1.29, 1.82) is 0 Å². The summed E-state index contributed by atoms with van der Waals surface area (Å²) in [5.74, 6) is 1.64. The molecule has 0 aliphatic heterocycles. The Morgan fingerprint density at radius 1 is 1.08 bits per heavy atom. The van der Waals surface area contributed by atoms with E-state index < -0.39 is 0 Å². The summed E-state index contributed by atoms with van der Waals surface area (Å²) < 4.78 is 11.2. The number of nitrogens with zero attached hydrogens (tertiary/aromatic N) is 2. The van der Waals surface area contributed by atoms with Crippen LogP contribution in [0.3, 0.4) is 0 Å². The SMILES string of the molecule is COc1ccc2cc(C(C)c3nnc(SC4CCCC4)o3)ccc2c1. The Morgan fingerprint density at radius 3 is 2.64 bits per heavy atom. The molecule has 1 aromatic heterocycles. The summed E-state index contributed by atoms with van der Waals surface area (Å²) >= 11 is 1.74. The molecule has 1 unspecified atom stereocenters. The molecule has 130 valence electrons. The summed E-state index contributed by atoms with van der Waals surface area (Å²) in [7, 11) is 1.69. The van der Waals surface area contributed by atoms with Gasteiger partial charge in [0.1, 0.15) is 5.75 Å². The fraction of sp³-hybridized carbons (Fsp3) is 0.400. The third-order valence-electron chi connectivity index (χ3n) is 4.93. The Morgan fingerprint density at radius 2 is 1.84 bits per heavy atom. The van der Waals surface area contributed by atoms with Crippen LogP contribution in [-0.2, 0) is 0 Å². The van der Waals surface area contributed by atoms with E-state index in [0.717, 1.165) is 5.75 Å². The molecule has 0 spiro atoms. The lowest BCUT2D eigenvalue weighted by molar-refractivity contribution is 0.403. The maximum atomic E-state index is 5.93. The van der Waals surface area contributed by atoms with Crippen LogP contribution in [0, 0.1) is 0 Å². The molecule has 1 fully saturated rings. The van der Waals surface area contributed by atoms with Crippen molar-refractivity contribution in [1.82, 2.24) is 10.2 Å². The Hall–Kier alpha value is -2.01. The topological polar surface area (TPSA) is 48.2 Å². The van der Waals surface area contributed by atoms with Crippen molar-refractivity contribution in [2.45, 2.75) is 49.0 Å². The van der Waals surface area contributed by atoms with E-state index in [4.69, 9.17) is 9.15 Å². The highest BCUT2D eigenvalue weighted by molar-refractivity contribution is 7.99. The summed E-state index contributed by atoms with van der Waals surface area (Å²) in [6, 6.07) is 12.5. The van der Waals surface area contributed by atoms with Crippen molar-refractivity contribution < 1.29 is 9.15 Å². The van der Waals surface area contributed by atoms with E-state index in [1.807, 2.05) is 12.1 Å². The molecule has 0 amide bonds. The molecule has 25 heavy (non-hydrogen) atoms. The lowest BCUT2D eigenvalue weighted by atomic mass is 9.97. The first-order valence-corrected chi connectivity index (χ1v) is 9.68. The lowest BCUT2D eigenvalue weighted by Gasteiger charge is -2.09. The largest absolute Gasteiger partial charge is 0.497 e. The first-order chi connectivity index (χ1) is 12.2. The van der Waals surface area contributed by atoms with E-state index in [-0.39, 0.29) is 5.92 Å². The zero-order chi connectivity index (χ0) is 17.2. The number of benzene rings is 2. The standard InChI is InChI=1S/C20H22N2O2S/c1-13(19-21-22-20(24-19)25-18-5-3-4-6-18)14-7-8-16-12-17(23-2)10-9-15(16)11-14/h7-13,18H,3-6H2,1-2H3. The first kappa shape index (κ1) is 16.5. The number of ether oxygens (including phenoxy) is 1. The third kappa shape index (κ3) is 3.52. The second-order valence-corrected chi connectivity index (χ2v) is 7.88. The lowest BCUT2D eigenvalue weighted by Crippen LogP contribution is -1.96. The molecule has 1 atom stereocenters. The normalized spacial score (nSPS) is 16.4. The molecule has 1 saturated carbocycles. The van der Waals surface area contributed by atoms with Gasteiger partial charge in [0, 0.05) is 5.25 Å². The summed E-state index contributed by atoms with van der Waals surface area (Å²) in [6.07, 6.45) is 5.14. The van der Waals surface area contributed by atoms with Gasteiger partial charge in [-0.2, -0.15) is 0 Å². The van der Waals surface area contributed by atoms with Gasteiger partial charge in [-0.15, -0.1) is 10.2 Å². The van der Waals surface area contributed by atoms with E-state index >= 15 is 0 Å². The van der Waals surface area contributed by atoms with E-state index in [1.54, 1.807) is 18.9 Å². The van der Waals surface area contributed by atoms with Crippen LogP contribution in [0.1, 0.15) is 50.0 Å². The molecular weight excluding hydrogens is 332 g/mol. The Kier molecular flexibility index (Phi) is 4.66. The van der Waals surface area contributed by atoms with Gasteiger partial charge in [-0.3, -0.25) is 0 Å². The summed E-state index contributed by atoms with van der Waals surface area (Å²) in [5.41, 5.74) is 1.18. The van der Waals surface area contributed by atoms with Gasteiger partial charge in [0.15, 0.2) is 0 Å². The van der Waals surface area contributed by atoms with Crippen LogP contribution in [0.5, 0.6) is 5.75 Å². The molecular formula is C20H22N2O2S. The highest BCUT2D eigenvalue weighted by Gasteiger charge is 2.21. The smallest absolute Gasteiger partial charge is 0.276 e. The minimum absolute atomic E-state index is 0.0805. The average Bonchev–Trinajstić information content (AvgIpc) is 3.32. The molecule has 1 heterocycles. The van der Waals surface area contributed by atoms with E-state index in [1.165, 1.54) is 42.0 Å². The van der Waals surface area contributed by atoms with Crippen molar-refractivity contribution in [2.75, 3.05) is 7.11 Å². The molecule has 1 aliphatic carbocycles. The van der Waals surface area contributed by atoms with Gasteiger partial charge in [0.2, 0.25) is 5.89 Å². The molecule has 0 saturated heterocycles. The molecule has 4 nitrogen and oxygen atoms in total. The van der Waals surface area contributed by atoms with Gasteiger partial charge in [-0.1, -0.05) is 48.9 Å². The molecule has 1 aliphatic rings. The number of hydrogen-bond donors (Lipinski definition) is 0. The predicted octanol–water partition coefficient (Wildman–Crippen LogP) is 5.42. The van der Waals surface area contributed by atoms with Gasteiger partial charge in [-0.25, -0.2) is 0 Å². The Labute approximate surface area is 152 Å². The van der Waals surface area contributed by atoms with Crippen LogP contribution >= 0.6 is 11.8 Å². The number of rotatable bonds is 5. The Bertz CT molecular complexity index is 871. The fourth-order valence-corrected chi connectivity index (χ4v) is 4.45. The van der Waals surface area contributed by atoms with Gasteiger partial charge < -0.3 is 9.15 Å². The minimum Gasteiger partial charge on any atom is -0.497 e. The van der Waals surface area contributed by atoms with Crippen molar-refractivity contribution >= 4 is 22.5 Å². The number of thioether (sulfide) groups is 1.